The number of halogens is 1. The Morgan fingerprint density at radius 1 is 1.30 bits per heavy atom. The van der Waals surface area contributed by atoms with Gasteiger partial charge in [0.15, 0.2) is 10.9 Å². The van der Waals surface area contributed by atoms with Crippen LogP contribution < -0.4 is 5.56 Å². The molecule has 0 fully saturated rings. The molecule has 158 valence electrons. The van der Waals surface area contributed by atoms with Gasteiger partial charge in [0.25, 0.3) is 5.56 Å². The maximum Gasteiger partial charge on any atom is 0.262 e. The van der Waals surface area contributed by atoms with Gasteiger partial charge in [-0.05, 0) is 38.1 Å². The Bertz CT molecular complexity index is 1170. The molecule has 2 heterocycles. The number of nitrogens with zero attached hydrogens (tertiary/aromatic N) is 3. The van der Waals surface area contributed by atoms with Crippen LogP contribution in [0.3, 0.4) is 0 Å². The molecule has 0 amide bonds. The fraction of sp³-hybridized carbons (Fsp3) is 0.318. The second-order valence-electron chi connectivity index (χ2n) is 6.90. The SMILES string of the molecule is C=CCn1c(C)cc(C(=O)CSc2nc3cc(Cl)ccc3c(=O)n2CCOC)c1C. The molecule has 0 saturated heterocycles. The van der Waals surface area contributed by atoms with E-state index in [1.807, 2.05) is 26.0 Å². The highest BCUT2D eigenvalue weighted by molar-refractivity contribution is 7.99. The van der Waals surface area contributed by atoms with E-state index in [0.29, 0.717) is 46.3 Å². The van der Waals surface area contributed by atoms with Crippen molar-refractivity contribution in [1.82, 2.24) is 14.1 Å². The lowest BCUT2D eigenvalue weighted by Gasteiger charge is -2.13. The fourth-order valence-corrected chi connectivity index (χ4v) is 4.44. The van der Waals surface area contributed by atoms with Crippen LogP contribution in [0.25, 0.3) is 10.9 Å². The second-order valence-corrected chi connectivity index (χ2v) is 8.28. The first kappa shape index (κ1) is 22.3. The van der Waals surface area contributed by atoms with E-state index in [4.69, 9.17) is 16.3 Å². The van der Waals surface area contributed by atoms with E-state index < -0.39 is 0 Å². The summed E-state index contributed by atoms with van der Waals surface area (Å²) in [6.07, 6.45) is 1.81. The average Bonchev–Trinajstić information content (AvgIpc) is 3.00. The van der Waals surface area contributed by atoms with Crippen molar-refractivity contribution in [2.75, 3.05) is 19.5 Å². The zero-order chi connectivity index (χ0) is 21.8. The van der Waals surface area contributed by atoms with Gasteiger partial charge in [0.2, 0.25) is 0 Å². The predicted molar refractivity (Wildman–Crippen MR) is 122 cm³/mol. The minimum Gasteiger partial charge on any atom is -0.383 e. The quantitative estimate of drug-likeness (QED) is 0.213. The number of hydrogen-bond acceptors (Lipinski definition) is 5. The minimum absolute atomic E-state index is 0.0119. The molecule has 2 aromatic heterocycles. The molecule has 8 heteroatoms. The van der Waals surface area contributed by atoms with Crippen LogP contribution in [0.1, 0.15) is 21.7 Å². The van der Waals surface area contributed by atoms with Crippen LogP contribution >= 0.6 is 23.4 Å². The number of carbonyl (C=O) groups is 1. The largest absolute Gasteiger partial charge is 0.383 e. The molecule has 0 bridgehead atoms. The summed E-state index contributed by atoms with van der Waals surface area (Å²) in [6, 6.07) is 6.90. The van der Waals surface area contributed by atoms with Gasteiger partial charge in [0, 0.05) is 35.6 Å². The van der Waals surface area contributed by atoms with Crippen molar-refractivity contribution in [2.45, 2.75) is 32.1 Å². The first-order valence-electron chi connectivity index (χ1n) is 9.50. The number of rotatable bonds is 9. The molecule has 30 heavy (non-hydrogen) atoms. The van der Waals surface area contributed by atoms with Gasteiger partial charge in [0.1, 0.15) is 0 Å². The number of thioether (sulfide) groups is 1. The molecule has 0 saturated carbocycles. The number of aryl methyl sites for hydroxylation is 1. The van der Waals surface area contributed by atoms with Crippen LogP contribution in [0.2, 0.25) is 5.02 Å². The molecule has 0 unspecified atom stereocenters. The molecule has 0 aliphatic rings. The van der Waals surface area contributed by atoms with Crippen LogP contribution in [0.5, 0.6) is 0 Å². The van der Waals surface area contributed by atoms with Gasteiger partial charge < -0.3 is 9.30 Å². The van der Waals surface area contributed by atoms with Gasteiger partial charge in [-0.2, -0.15) is 0 Å². The highest BCUT2D eigenvalue weighted by Crippen LogP contribution is 2.23. The fourth-order valence-electron chi connectivity index (χ4n) is 3.37. The zero-order valence-electron chi connectivity index (χ0n) is 17.3. The third-order valence-corrected chi connectivity index (χ3v) is 6.13. The highest BCUT2D eigenvalue weighted by atomic mass is 35.5. The molecule has 0 radical (unpaired) electrons. The van der Waals surface area contributed by atoms with E-state index in [0.717, 1.165) is 11.4 Å². The number of Topliss-reactive ketones (excluding diaryl/α,β-unsaturated/α-hetero) is 1. The van der Waals surface area contributed by atoms with E-state index in [9.17, 15) is 9.59 Å². The first-order valence-corrected chi connectivity index (χ1v) is 10.9. The summed E-state index contributed by atoms with van der Waals surface area (Å²) in [5.41, 5.74) is 2.94. The van der Waals surface area contributed by atoms with Gasteiger partial charge in [-0.25, -0.2) is 4.98 Å². The Morgan fingerprint density at radius 3 is 2.77 bits per heavy atom. The van der Waals surface area contributed by atoms with E-state index in [-0.39, 0.29) is 17.1 Å². The standard InChI is InChI=1S/C22H24ClN3O3S/c1-5-8-25-14(2)11-18(15(25)3)20(27)13-30-22-24-19-12-16(23)6-7-17(19)21(28)26(22)9-10-29-4/h5-7,11-12H,1,8-10,13H2,2-4H3. The molecule has 0 aliphatic carbocycles. The van der Waals surface area contributed by atoms with E-state index in [1.54, 1.807) is 29.9 Å². The average molecular weight is 446 g/mol. The summed E-state index contributed by atoms with van der Waals surface area (Å²) in [5, 5.41) is 1.46. The maximum atomic E-state index is 13.0. The van der Waals surface area contributed by atoms with Gasteiger partial charge in [-0.1, -0.05) is 29.4 Å². The van der Waals surface area contributed by atoms with Crippen LogP contribution in [0.15, 0.2) is 46.9 Å². The Hall–Kier alpha value is -2.35. The molecular weight excluding hydrogens is 422 g/mol. The number of ketones is 1. The smallest absolute Gasteiger partial charge is 0.262 e. The van der Waals surface area contributed by atoms with Crippen molar-refractivity contribution in [3.05, 3.63) is 69.2 Å². The van der Waals surface area contributed by atoms with E-state index in [2.05, 4.69) is 16.1 Å². The lowest BCUT2D eigenvalue weighted by Crippen LogP contribution is -2.25. The maximum absolute atomic E-state index is 13.0. The molecule has 0 atom stereocenters. The number of benzene rings is 1. The number of aromatic nitrogens is 3. The summed E-state index contributed by atoms with van der Waals surface area (Å²) >= 11 is 7.32. The van der Waals surface area contributed by atoms with Crippen molar-refractivity contribution >= 4 is 40.0 Å². The predicted octanol–water partition coefficient (Wildman–Crippen LogP) is 4.28. The Labute approximate surface area is 184 Å². The van der Waals surface area contributed by atoms with Crippen LogP contribution in [0, 0.1) is 13.8 Å². The third-order valence-electron chi connectivity index (χ3n) is 4.92. The van der Waals surface area contributed by atoms with Crippen molar-refractivity contribution < 1.29 is 9.53 Å². The van der Waals surface area contributed by atoms with Gasteiger partial charge in [-0.3, -0.25) is 14.2 Å². The number of hydrogen-bond donors (Lipinski definition) is 0. The lowest BCUT2D eigenvalue weighted by atomic mass is 10.2. The summed E-state index contributed by atoms with van der Waals surface area (Å²) in [4.78, 5) is 30.5. The number of allylic oxidation sites excluding steroid dienone is 1. The minimum atomic E-state index is -0.173. The summed E-state index contributed by atoms with van der Waals surface area (Å²) in [5.74, 6) is 0.159. The first-order chi connectivity index (χ1) is 14.4. The van der Waals surface area contributed by atoms with Crippen LogP contribution in [-0.2, 0) is 17.8 Å². The zero-order valence-corrected chi connectivity index (χ0v) is 18.8. The van der Waals surface area contributed by atoms with Crippen molar-refractivity contribution in [1.29, 1.82) is 0 Å². The number of fused-ring (bicyclic) bond motifs is 1. The monoisotopic (exact) mass is 445 g/mol. The number of ether oxygens (including phenoxy) is 1. The molecule has 0 spiro atoms. The number of carbonyl (C=O) groups excluding carboxylic acids is 1. The van der Waals surface area contributed by atoms with Gasteiger partial charge in [-0.15, -0.1) is 6.58 Å². The van der Waals surface area contributed by atoms with Crippen LogP contribution in [0.4, 0.5) is 0 Å². The highest BCUT2D eigenvalue weighted by Gasteiger charge is 2.18. The van der Waals surface area contributed by atoms with Crippen molar-refractivity contribution in [3.8, 4) is 0 Å². The summed E-state index contributed by atoms with van der Waals surface area (Å²) in [6.45, 7) is 9.04. The normalized spacial score (nSPS) is 11.2. The molecule has 3 aromatic rings. The molecule has 0 N–H and O–H groups in total. The van der Waals surface area contributed by atoms with Crippen molar-refractivity contribution in [2.24, 2.45) is 0 Å². The summed E-state index contributed by atoms with van der Waals surface area (Å²) in [7, 11) is 1.58. The topological polar surface area (TPSA) is 66.1 Å². The van der Waals surface area contributed by atoms with Crippen molar-refractivity contribution in [3.63, 3.8) is 0 Å². The molecule has 6 nitrogen and oxygen atoms in total. The van der Waals surface area contributed by atoms with E-state index >= 15 is 0 Å². The van der Waals surface area contributed by atoms with Crippen LogP contribution in [-0.4, -0.2) is 39.4 Å². The van der Waals surface area contributed by atoms with Gasteiger partial charge in [0.05, 0.1) is 29.8 Å². The number of methoxy groups -OCH3 is 1. The summed E-state index contributed by atoms with van der Waals surface area (Å²) < 4.78 is 8.75. The second kappa shape index (κ2) is 9.64. The molecule has 3 rings (SSSR count). The Morgan fingerprint density at radius 2 is 2.07 bits per heavy atom. The van der Waals surface area contributed by atoms with E-state index in [1.165, 1.54) is 11.8 Å². The lowest BCUT2D eigenvalue weighted by molar-refractivity contribution is 0.102. The Kier molecular flexibility index (Phi) is 7.18. The van der Waals surface area contributed by atoms with Gasteiger partial charge >= 0.3 is 0 Å². The third kappa shape index (κ3) is 4.53. The molecule has 1 aromatic carbocycles. The molecule has 0 aliphatic heterocycles. The molecular formula is C22H24ClN3O3S. The Balaban J connectivity index is 1.93.